The van der Waals surface area contributed by atoms with E-state index in [1.54, 1.807) is 0 Å². The Morgan fingerprint density at radius 3 is 2.67 bits per heavy atom. The van der Waals surface area contributed by atoms with Crippen LogP contribution in [0.3, 0.4) is 0 Å². The number of hydrogen-bond acceptors (Lipinski definition) is 1. The average molecular weight is 285 g/mol. The Hall–Kier alpha value is -1.31. The fourth-order valence-electron chi connectivity index (χ4n) is 4.53. The fraction of sp³-hybridized carbons (Fsp3) is 0.632. The summed E-state index contributed by atoms with van der Waals surface area (Å²) in [6.07, 6.45) is 8.40. The third kappa shape index (κ3) is 3.30. The molecule has 2 fully saturated rings. The topological polar surface area (TPSA) is 29.1 Å². The van der Waals surface area contributed by atoms with Gasteiger partial charge in [0.05, 0.1) is 0 Å². The SMILES string of the molecule is CCC(=O)NC1CC2CCCCC2C(c2ccccc2)C1. The van der Waals surface area contributed by atoms with Crippen LogP contribution in [0.1, 0.15) is 63.4 Å². The van der Waals surface area contributed by atoms with E-state index in [4.69, 9.17) is 0 Å². The lowest BCUT2D eigenvalue weighted by Crippen LogP contribution is -2.44. The number of nitrogens with one attached hydrogen (secondary N) is 1. The predicted octanol–water partition coefficient (Wildman–Crippen LogP) is 4.27. The number of hydrogen-bond donors (Lipinski definition) is 1. The van der Waals surface area contributed by atoms with Crippen LogP contribution in [0.25, 0.3) is 0 Å². The van der Waals surface area contributed by atoms with E-state index in [1.807, 2.05) is 6.92 Å². The van der Waals surface area contributed by atoms with E-state index in [0.717, 1.165) is 18.3 Å². The first-order valence-corrected chi connectivity index (χ1v) is 8.62. The maximum Gasteiger partial charge on any atom is 0.219 e. The number of benzene rings is 1. The Bertz CT molecular complexity index is 470. The Morgan fingerprint density at radius 2 is 1.90 bits per heavy atom. The van der Waals surface area contributed by atoms with Gasteiger partial charge in [-0.1, -0.05) is 56.5 Å². The summed E-state index contributed by atoms with van der Waals surface area (Å²) >= 11 is 0. The van der Waals surface area contributed by atoms with Gasteiger partial charge in [-0.25, -0.2) is 0 Å². The van der Waals surface area contributed by atoms with Gasteiger partial charge in [0, 0.05) is 12.5 Å². The maximum atomic E-state index is 11.8. The summed E-state index contributed by atoms with van der Waals surface area (Å²) in [6, 6.07) is 11.3. The lowest BCUT2D eigenvalue weighted by Gasteiger charge is -2.45. The summed E-state index contributed by atoms with van der Waals surface area (Å²) in [6.45, 7) is 1.94. The third-order valence-electron chi connectivity index (χ3n) is 5.52. The molecule has 0 heterocycles. The molecule has 4 unspecified atom stereocenters. The second-order valence-electron chi connectivity index (χ2n) is 6.81. The molecule has 0 radical (unpaired) electrons. The van der Waals surface area contributed by atoms with Crippen molar-refractivity contribution in [2.24, 2.45) is 11.8 Å². The van der Waals surface area contributed by atoms with Gasteiger partial charge in [-0.05, 0) is 42.6 Å². The molecule has 1 aromatic rings. The highest BCUT2D eigenvalue weighted by Gasteiger charge is 2.39. The van der Waals surface area contributed by atoms with Crippen molar-refractivity contribution in [1.82, 2.24) is 5.32 Å². The lowest BCUT2D eigenvalue weighted by molar-refractivity contribution is -0.122. The average Bonchev–Trinajstić information content (AvgIpc) is 2.55. The largest absolute Gasteiger partial charge is 0.353 e. The highest BCUT2D eigenvalue weighted by Crippen LogP contribution is 2.48. The Balaban J connectivity index is 1.79. The van der Waals surface area contributed by atoms with Crippen LogP contribution in [-0.4, -0.2) is 11.9 Å². The Morgan fingerprint density at radius 1 is 1.14 bits per heavy atom. The van der Waals surface area contributed by atoms with Gasteiger partial charge in [0.2, 0.25) is 5.91 Å². The number of rotatable bonds is 3. The highest BCUT2D eigenvalue weighted by atomic mass is 16.1. The predicted molar refractivity (Wildman–Crippen MR) is 86.1 cm³/mol. The normalized spacial score (nSPS) is 32.2. The quantitative estimate of drug-likeness (QED) is 0.883. The van der Waals surface area contributed by atoms with E-state index < -0.39 is 0 Å². The van der Waals surface area contributed by atoms with Crippen LogP contribution in [0.2, 0.25) is 0 Å². The Labute approximate surface area is 128 Å². The van der Waals surface area contributed by atoms with E-state index in [-0.39, 0.29) is 5.91 Å². The molecule has 4 atom stereocenters. The van der Waals surface area contributed by atoms with Gasteiger partial charge in [-0.2, -0.15) is 0 Å². The van der Waals surface area contributed by atoms with Crippen LogP contribution in [0.4, 0.5) is 0 Å². The number of carbonyl (C=O) groups excluding carboxylic acids is 1. The van der Waals surface area contributed by atoms with Gasteiger partial charge in [0.25, 0.3) is 0 Å². The van der Waals surface area contributed by atoms with E-state index in [0.29, 0.717) is 18.4 Å². The van der Waals surface area contributed by atoms with Crippen LogP contribution < -0.4 is 5.32 Å². The van der Waals surface area contributed by atoms with E-state index in [1.165, 1.54) is 37.7 Å². The molecule has 0 spiro atoms. The molecule has 1 amide bonds. The van der Waals surface area contributed by atoms with Crippen LogP contribution in [-0.2, 0) is 4.79 Å². The minimum atomic E-state index is 0.209. The third-order valence-corrected chi connectivity index (χ3v) is 5.52. The zero-order valence-corrected chi connectivity index (χ0v) is 13.1. The van der Waals surface area contributed by atoms with Gasteiger partial charge < -0.3 is 5.32 Å². The van der Waals surface area contributed by atoms with Gasteiger partial charge in [-0.3, -0.25) is 4.79 Å². The molecule has 2 aliphatic rings. The molecule has 2 heteroatoms. The first-order chi connectivity index (χ1) is 10.3. The summed E-state index contributed by atoms with van der Waals surface area (Å²) in [5, 5.41) is 3.26. The van der Waals surface area contributed by atoms with Crippen molar-refractivity contribution in [3.63, 3.8) is 0 Å². The molecule has 1 aromatic carbocycles. The fourth-order valence-corrected chi connectivity index (χ4v) is 4.53. The lowest BCUT2D eigenvalue weighted by atomic mass is 9.62. The minimum absolute atomic E-state index is 0.209. The van der Waals surface area contributed by atoms with Crippen molar-refractivity contribution in [3.05, 3.63) is 35.9 Å². The number of amides is 1. The molecule has 2 aliphatic carbocycles. The number of carbonyl (C=O) groups is 1. The molecule has 2 saturated carbocycles. The highest BCUT2D eigenvalue weighted by molar-refractivity contribution is 5.75. The van der Waals surface area contributed by atoms with Crippen LogP contribution in [0.15, 0.2) is 30.3 Å². The van der Waals surface area contributed by atoms with Crippen molar-refractivity contribution in [3.8, 4) is 0 Å². The van der Waals surface area contributed by atoms with Crippen molar-refractivity contribution in [2.45, 2.75) is 63.8 Å². The number of fused-ring (bicyclic) bond motifs is 1. The van der Waals surface area contributed by atoms with Gasteiger partial charge in [0.1, 0.15) is 0 Å². The standard InChI is InChI=1S/C19H27NO/c1-2-19(21)20-16-12-15-10-6-7-11-17(15)18(13-16)14-8-4-3-5-9-14/h3-5,8-9,15-18H,2,6-7,10-13H2,1H3,(H,20,21). The van der Waals surface area contributed by atoms with E-state index in [9.17, 15) is 4.79 Å². The maximum absolute atomic E-state index is 11.8. The molecular weight excluding hydrogens is 258 g/mol. The van der Waals surface area contributed by atoms with Crippen LogP contribution in [0, 0.1) is 11.8 Å². The van der Waals surface area contributed by atoms with Gasteiger partial charge in [0.15, 0.2) is 0 Å². The summed E-state index contributed by atoms with van der Waals surface area (Å²) in [5.74, 6) is 2.48. The Kier molecular flexibility index (Phi) is 4.62. The van der Waals surface area contributed by atoms with Crippen molar-refractivity contribution in [1.29, 1.82) is 0 Å². The second-order valence-corrected chi connectivity index (χ2v) is 6.81. The summed E-state index contributed by atoms with van der Waals surface area (Å²) < 4.78 is 0. The zero-order valence-electron chi connectivity index (χ0n) is 13.1. The summed E-state index contributed by atoms with van der Waals surface area (Å²) in [5.41, 5.74) is 1.48. The second kappa shape index (κ2) is 6.64. The van der Waals surface area contributed by atoms with Crippen molar-refractivity contribution in [2.75, 3.05) is 0 Å². The van der Waals surface area contributed by atoms with Crippen molar-refractivity contribution < 1.29 is 4.79 Å². The van der Waals surface area contributed by atoms with E-state index in [2.05, 4.69) is 35.6 Å². The molecule has 1 N–H and O–H groups in total. The summed E-state index contributed by atoms with van der Waals surface area (Å²) in [7, 11) is 0. The van der Waals surface area contributed by atoms with Crippen molar-refractivity contribution >= 4 is 5.91 Å². The molecule has 0 bridgehead atoms. The molecular formula is C19H27NO. The molecule has 0 aromatic heterocycles. The van der Waals surface area contributed by atoms with Gasteiger partial charge in [-0.15, -0.1) is 0 Å². The minimum Gasteiger partial charge on any atom is -0.353 e. The zero-order chi connectivity index (χ0) is 14.7. The molecule has 2 nitrogen and oxygen atoms in total. The smallest absolute Gasteiger partial charge is 0.219 e. The van der Waals surface area contributed by atoms with E-state index >= 15 is 0 Å². The van der Waals surface area contributed by atoms with Crippen LogP contribution >= 0.6 is 0 Å². The summed E-state index contributed by atoms with van der Waals surface area (Å²) in [4.78, 5) is 11.8. The first kappa shape index (κ1) is 14.6. The molecule has 114 valence electrons. The monoisotopic (exact) mass is 285 g/mol. The first-order valence-electron chi connectivity index (χ1n) is 8.62. The molecule has 0 aliphatic heterocycles. The van der Waals surface area contributed by atoms with Crippen LogP contribution in [0.5, 0.6) is 0 Å². The molecule has 3 rings (SSSR count). The molecule has 21 heavy (non-hydrogen) atoms. The molecule has 0 saturated heterocycles. The van der Waals surface area contributed by atoms with Gasteiger partial charge >= 0.3 is 0 Å².